The summed E-state index contributed by atoms with van der Waals surface area (Å²) < 4.78 is 4.72. The zero-order valence-electron chi connectivity index (χ0n) is 13.2. The van der Waals surface area contributed by atoms with Crippen LogP contribution in [0.4, 0.5) is 5.00 Å². The van der Waals surface area contributed by atoms with E-state index in [0.29, 0.717) is 27.3 Å². The van der Waals surface area contributed by atoms with Gasteiger partial charge in [0.1, 0.15) is 9.88 Å². The van der Waals surface area contributed by atoms with Crippen molar-refractivity contribution in [3.63, 3.8) is 0 Å². The first kappa shape index (κ1) is 16.0. The Morgan fingerprint density at radius 3 is 2.52 bits per heavy atom. The van der Waals surface area contributed by atoms with E-state index in [9.17, 15) is 14.4 Å². The normalized spacial score (nSPS) is 25.4. The molecule has 124 valence electrons. The molecule has 2 amide bonds. The molecule has 2 aliphatic rings. The molecular weight excluding hydrogens is 316 g/mol. The molecule has 1 heterocycles. The number of esters is 1. The number of anilines is 1. The van der Waals surface area contributed by atoms with E-state index in [1.165, 1.54) is 13.5 Å². The van der Waals surface area contributed by atoms with Gasteiger partial charge in [-0.25, -0.2) is 4.79 Å². The van der Waals surface area contributed by atoms with Gasteiger partial charge in [0.05, 0.1) is 12.7 Å². The van der Waals surface area contributed by atoms with Crippen LogP contribution in [0.3, 0.4) is 0 Å². The average Bonchev–Trinajstić information content (AvgIpc) is 3.20. The van der Waals surface area contributed by atoms with E-state index in [-0.39, 0.29) is 17.4 Å². The molecular formula is C16H20N2O4S. The van der Waals surface area contributed by atoms with E-state index in [2.05, 4.69) is 5.32 Å². The third-order valence-electron chi connectivity index (χ3n) is 5.08. The third-order valence-corrected chi connectivity index (χ3v) is 6.26. The number of carbonyl (C=O) groups excluding carboxylic acids is 3. The van der Waals surface area contributed by atoms with Gasteiger partial charge < -0.3 is 15.8 Å². The number of carbonyl (C=O) groups is 3. The Bertz CT molecular complexity index is 682. The van der Waals surface area contributed by atoms with Crippen LogP contribution < -0.4 is 11.1 Å². The Labute approximate surface area is 138 Å². The summed E-state index contributed by atoms with van der Waals surface area (Å²) in [5.74, 6) is -0.163. The minimum atomic E-state index is -0.655. The number of thiophene rings is 1. The molecule has 3 rings (SSSR count). The third kappa shape index (κ3) is 2.73. The van der Waals surface area contributed by atoms with Crippen LogP contribution in [0.1, 0.15) is 51.3 Å². The molecule has 7 heteroatoms. The number of hydrogen-bond acceptors (Lipinski definition) is 5. The molecule has 6 nitrogen and oxygen atoms in total. The quantitative estimate of drug-likeness (QED) is 0.824. The maximum Gasteiger partial charge on any atom is 0.348 e. The Morgan fingerprint density at radius 1 is 1.26 bits per heavy atom. The fraction of sp³-hybridized carbons (Fsp3) is 0.562. The summed E-state index contributed by atoms with van der Waals surface area (Å²) in [5.41, 5.74) is 6.08. The van der Waals surface area contributed by atoms with Crippen LogP contribution in [0.15, 0.2) is 0 Å². The van der Waals surface area contributed by atoms with Crippen molar-refractivity contribution in [3.05, 3.63) is 16.0 Å². The van der Waals surface area contributed by atoms with E-state index >= 15 is 0 Å². The molecule has 23 heavy (non-hydrogen) atoms. The lowest BCUT2D eigenvalue weighted by atomic mass is 9.88. The van der Waals surface area contributed by atoms with Gasteiger partial charge in [0, 0.05) is 5.92 Å². The molecule has 0 radical (unpaired) electrons. The lowest BCUT2D eigenvalue weighted by Gasteiger charge is -2.20. The fourth-order valence-electron chi connectivity index (χ4n) is 3.96. The van der Waals surface area contributed by atoms with E-state index < -0.39 is 11.9 Å². The number of rotatable bonds is 4. The summed E-state index contributed by atoms with van der Waals surface area (Å²) in [6, 6.07) is 0. The lowest BCUT2D eigenvalue weighted by molar-refractivity contribution is -0.121. The van der Waals surface area contributed by atoms with Crippen molar-refractivity contribution in [3.8, 4) is 0 Å². The lowest BCUT2D eigenvalue weighted by Crippen LogP contribution is -2.27. The predicted molar refractivity (Wildman–Crippen MR) is 86.5 cm³/mol. The van der Waals surface area contributed by atoms with E-state index in [4.69, 9.17) is 10.5 Å². The molecule has 3 atom stereocenters. The highest BCUT2D eigenvalue weighted by Gasteiger charge is 2.43. The minimum Gasteiger partial charge on any atom is -0.465 e. The Kier molecular flexibility index (Phi) is 4.14. The molecule has 0 spiro atoms. The molecule has 1 aromatic heterocycles. The molecule has 2 aliphatic carbocycles. The zero-order valence-corrected chi connectivity index (χ0v) is 14.0. The van der Waals surface area contributed by atoms with Crippen LogP contribution in [0, 0.1) is 24.7 Å². The average molecular weight is 336 g/mol. The Morgan fingerprint density at radius 2 is 2.00 bits per heavy atom. The highest BCUT2D eigenvalue weighted by molar-refractivity contribution is 7.18. The first-order valence-electron chi connectivity index (χ1n) is 7.74. The largest absolute Gasteiger partial charge is 0.465 e. The van der Waals surface area contributed by atoms with Gasteiger partial charge in [0.15, 0.2) is 0 Å². The summed E-state index contributed by atoms with van der Waals surface area (Å²) in [4.78, 5) is 36.4. The van der Waals surface area contributed by atoms with Gasteiger partial charge in [-0.3, -0.25) is 9.59 Å². The fourth-order valence-corrected chi connectivity index (χ4v) is 5.09. The van der Waals surface area contributed by atoms with Crippen LogP contribution in [0.25, 0.3) is 0 Å². The second-order valence-electron chi connectivity index (χ2n) is 6.39. The smallest absolute Gasteiger partial charge is 0.348 e. The maximum absolute atomic E-state index is 12.6. The number of nitrogens with two attached hydrogens (primary N) is 1. The minimum absolute atomic E-state index is 0.00143. The van der Waals surface area contributed by atoms with E-state index in [1.807, 2.05) is 0 Å². The summed E-state index contributed by atoms with van der Waals surface area (Å²) in [6.07, 6.45) is 4.35. The van der Waals surface area contributed by atoms with E-state index in [1.54, 1.807) is 6.92 Å². The number of hydrogen-bond donors (Lipinski definition) is 2. The maximum atomic E-state index is 12.6. The van der Waals surface area contributed by atoms with Crippen molar-refractivity contribution < 1.29 is 19.1 Å². The Hall–Kier alpha value is -1.89. The van der Waals surface area contributed by atoms with Gasteiger partial charge in [0.25, 0.3) is 5.91 Å². The number of amides is 2. The van der Waals surface area contributed by atoms with Crippen molar-refractivity contribution in [2.75, 3.05) is 12.4 Å². The van der Waals surface area contributed by atoms with Gasteiger partial charge in [0.2, 0.25) is 5.91 Å². The van der Waals surface area contributed by atoms with Crippen LogP contribution in [-0.4, -0.2) is 24.9 Å². The summed E-state index contributed by atoms with van der Waals surface area (Å²) in [6.45, 7) is 1.63. The summed E-state index contributed by atoms with van der Waals surface area (Å²) >= 11 is 1.05. The summed E-state index contributed by atoms with van der Waals surface area (Å²) in [5, 5.41) is 3.18. The molecule has 1 aromatic rings. The standard InChI is InChI=1S/C16H20N2O4S/c1-7-11(13(17)19)15(23-12(7)16(21)22-2)18-14(20)10-6-8-3-4-9(10)5-8/h8-10H,3-6H2,1-2H3,(H2,17,19)(H,18,20). The van der Waals surface area contributed by atoms with Crippen LogP contribution >= 0.6 is 11.3 Å². The van der Waals surface area contributed by atoms with Gasteiger partial charge in [-0.2, -0.15) is 0 Å². The Balaban J connectivity index is 1.85. The molecule has 2 bridgehead atoms. The van der Waals surface area contributed by atoms with Crippen molar-refractivity contribution in [1.29, 1.82) is 0 Å². The van der Waals surface area contributed by atoms with E-state index in [0.717, 1.165) is 30.6 Å². The number of primary amides is 1. The van der Waals surface area contributed by atoms with Crippen LogP contribution in [-0.2, 0) is 9.53 Å². The van der Waals surface area contributed by atoms with Gasteiger partial charge in [-0.1, -0.05) is 6.42 Å². The van der Waals surface area contributed by atoms with Gasteiger partial charge in [-0.15, -0.1) is 11.3 Å². The predicted octanol–water partition coefficient (Wildman–Crippen LogP) is 2.32. The molecule has 2 fully saturated rings. The molecule has 0 saturated heterocycles. The molecule has 3 unspecified atom stereocenters. The van der Waals surface area contributed by atoms with Crippen LogP contribution in [0.2, 0.25) is 0 Å². The second kappa shape index (κ2) is 5.96. The number of fused-ring (bicyclic) bond motifs is 2. The van der Waals surface area contributed by atoms with Gasteiger partial charge in [-0.05, 0) is 43.6 Å². The topological polar surface area (TPSA) is 98.5 Å². The number of methoxy groups -OCH3 is 1. The molecule has 0 aromatic carbocycles. The first-order valence-corrected chi connectivity index (χ1v) is 8.56. The summed E-state index contributed by atoms with van der Waals surface area (Å²) in [7, 11) is 1.28. The monoisotopic (exact) mass is 336 g/mol. The van der Waals surface area contributed by atoms with Gasteiger partial charge >= 0.3 is 5.97 Å². The molecule has 0 aliphatic heterocycles. The number of nitrogens with one attached hydrogen (secondary N) is 1. The first-order chi connectivity index (χ1) is 10.9. The second-order valence-corrected chi connectivity index (χ2v) is 7.41. The zero-order chi connectivity index (χ0) is 16.7. The highest BCUT2D eigenvalue weighted by Crippen LogP contribution is 2.48. The van der Waals surface area contributed by atoms with Crippen molar-refractivity contribution in [1.82, 2.24) is 0 Å². The van der Waals surface area contributed by atoms with Crippen molar-refractivity contribution in [2.45, 2.75) is 32.6 Å². The molecule has 2 saturated carbocycles. The highest BCUT2D eigenvalue weighted by atomic mass is 32.1. The SMILES string of the molecule is COC(=O)c1sc(NC(=O)C2CC3CCC2C3)c(C(N)=O)c1C. The van der Waals surface area contributed by atoms with Crippen LogP contribution in [0.5, 0.6) is 0 Å². The number of ether oxygens (including phenoxy) is 1. The van der Waals surface area contributed by atoms with Crippen molar-refractivity contribution in [2.24, 2.45) is 23.5 Å². The molecule has 3 N–H and O–H groups in total. The van der Waals surface area contributed by atoms with Crippen molar-refractivity contribution >= 4 is 34.1 Å².